The first-order valence-corrected chi connectivity index (χ1v) is 7.60. The molecule has 0 bridgehead atoms. The Kier molecular flexibility index (Phi) is 3.74. The molecule has 1 unspecified atom stereocenters. The lowest BCUT2D eigenvalue weighted by atomic mass is 9.91. The van der Waals surface area contributed by atoms with Gasteiger partial charge in [0, 0.05) is 23.1 Å². The molecule has 2 aliphatic heterocycles. The smallest absolute Gasteiger partial charge is 0.304 e. The van der Waals surface area contributed by atoms with E-state index in [4.69, 9.17) is 5.11 Å². The van der Waals surface area contributed by atoms with Gasteiger partial charge in [-0.15, -0.1) is 0 Å². The maximum atomic E-state index is 12.8. The molecule has 0 spiro atoms. The first-order valence-electron chi connectivity index (χ1n) is 6.80. The number of benzene rings is 1. The van der Waals surface area contributed by atoms with Crippen molar-refractivity contribution in [1.82, 2.24) is 10.2 Å². The van der Waals surface area contributed by atoms with Gasteiger partial charge in [0.1, 0.15) is 5.82 Å². The number of carbonyl (C=O) groups is 3. The van der Waals surface area contributed by atoms with Crippen LogP contribution in [0.1, 0.15) is 16.8 Å². The van der Waals surface area contributed by atoms with Gasteiger partial charge in [-0.2, -0.15) is 0 Å². The Morgan fingerprint density at radius 1 is 1.32 bits per heavy atom. The number of hydrogen-bond acceptors (Lipinski definition) is 4. The van der Waals surface area contributed by atoms with E-state index < -0.39 is 11.9 Å². The number of amides is 1. The zero-order chi connectivity index (χ0) is 15.9. The predicted octanol–water partition coefficient (Wildman–Crippen LogP) is 1.38. The number of fused-ring (bicyclic) bond motifs is 1. The monoisotopic (exact) mass is 364 g/mol. The predicted molar refractivity (Wildman–Crippen MR) is 81.0 cm³/mol. The van der Waals surface area contributed by atoms with Gasteiger partial charge in [0.05, 0.1) is 17.9 Å². The van der Waals surface area contributed by atoms with E-state index in [1.54, 1.807) is 24.3 Å². The average molecular weight is 365 g/mol. The number of Topliss-reactive ketones (excluding diaryl/α,β-unsaturated/α-hetero) is 1. The molecule has 0 aromatic heterocycles. The Bertz CT molecular complexity index is 696. The Labute approximate surface area is 134 Å². The van der Waals surface area contributed by atoms with Crippen LogP contribution in [-0.2, 0) is 9.59 Å². The third-order valence-corrected chi connectivity index (χ3v) is 4.32. The summed E-state index contributed by atoms with van der Waals surface area (Å²) in [5, 5.41) is 12.1. The minimum absolute atomic E-state index is 0.257. The second-order valence-corrected chi connectivity index (χ2v) is 6.08. The molecule has 1 saturated heterocycles. The van der Waals surface area contributed by atoms with Crippen molar-refractivity contribution in [2.24, 2.45) is 5.92 Å². The molecule has 1 amide bonds. The zero-order valence-electron chi connectivity index (χ0n) is 11.5. The van der Waals surface area contributed by atoms with E-state index in [0.717, 1.165) is 4.47 Å². The fourth-order valence-electron chi connectivity index (χ4n) is 2.82. The number of nitrogens with zero attached hydrogens (tertiary/aromatic N) is 1. The van der Waals surface area contributed by atoms with E-state index in [0.29, 0.717) is 24.5 Å². The van der Waals surface area contributed by atoms with Crippen molar-refractivity contribution in [1.29, 1.82) is 0 Å². The molecule has 2 heterocycles. The van der Waals surface area contributed by atoms with Crippen LogP contribution in [0.5, 0.6) is 0 Å². The van der Waals surface area contributed by atoms with Gasteiger partial charge in [0.25, 0.3) is 0 Å². The van der Waals surface area contributed by atoms with Gasteiger partial charge < -0.3 is 10.4 Å². The van der Waals surface area contributed by atoms with Gasteiger partial charge in [0.15, 0.2) is 5.78 Å². The van der Waals surface area contributed by atoms with Crippen molar-refractivity contribution in [3.8, 4) is 0 Å². The maximum absolute atomic E-state index is 12.8. The summed E-state index contributed by atoms with van der Waals surface area (Å²) >= 11 is 3.30. The molecule has 2 aliphatic rings. The number of rotatable bonds is 4. The van der Waals surface area contributed by atoms with Gasteiger partial charge in [-0.05, 0) is 24.3 Å². The molecule has 22 heavy (non-hydrogen) atoms. The number of hydrogen-bond donors (Lipinski definition) is 2. The van der Waals surface area contributed by atoms with Crippen LogP contribution in [0.25, 0.3) is 0 Å². The summed E-state index contributed by atoms with van der Waals surface area (Å²) in [6.07, 6.45) is -0.377. The molecule has 7 heteroatoms. The van der Waals surface area contributed by atoms with E-state index in [-0.39, 0.29) is 23.7 Å². The second kappa shape index (κ2) is 5.57. The second-order valence-electron chi connectivity index (χ2n) is 5.17. The molecule has 1 atom stereocenters. The highest BCUT2D eigenvalue weighted by Crippen LogP contribution is 2.34. The van der Waals surface area contributed by atoms with Gasteiger partial charge in [-0.25, -0.2) is 0 Å². The number of carboxylic acids is 1. The number of carbonyl (C=O) groups excluding carboxylic acids is 2. The van der Waals surface area contributed by atoms with Crippen LogP contribution in [0.4, 0.5) is 0 Å². The molecule has 6 nitrogen and oxygen atoms in total. The summed E-state index contributed by atoms with van der Waals surface area (Å²) < 4.78 is 0.840. The summed E-state index contributed by atoms with van der Waals surface area (Å²) in [4.78, 5) is 37.6. The van der Waals surface area contributed by atoms with E-state index in [1.165, 1.54) is 4.90 Å². The highest BCUT2D eigenvalue weighted by molar-refractivity contribution is 9.10. The van der Waals surface area contributed by atoms with Crippen molar-refractivity contribution >= 4 is 33.6 Å². The van der Waals surface area contributed by atoms with Crippen LogP contribution >= 0.6 is 15.9 Å². The molecule has 3 rings (SSSR count). The van der Waals surface area contributed by atoms with E-state index in [1.807, 2.05) is 0 Å². The number of ketones is 1. The molecule has 0 radical (unpaired) electrons. The molecule has 114 valence electrons. The summed E-state index contributed by atoms with van der Waals surface area (Å²) in [5.41, 5.74) is 0.691. The zero-order valence-corrected chi connectivity index (χ0v) is 13.1. The van der Waals surface area contributed by atoms with Crippen LogP contribution in [0.2, 0.25) is 0 Å². The summed E-state index contributed by atoms with van der Waals surface area (Å²) in [6.45, 7) is 1.03. The quantitative estimate of drug-likeness (QED) is 0.788. The average Bonchev–Trinajstić information content (AvgIpc) is 3.03. The van der Waals surface area contributed by atoms with Crippen LogP contribution in [0.15, 0.2) is 40.1 Å². The summed E-state index contributed by atoms with van der Waals surface area (Å²) in [6, 6.07) is 6.78. The van der Waals surface area contributed by atoms with E-state index in [2.05, 4.69) is 21.2 Å². The highest BCUT2D eigenvalue weighted by Gasteiger charge is 2.45. The fraction of sp³-hybridized carbons (Fsp3) is 0.267. The van der Waals surface area contributed by atoms with Gasteiger partial charge >= 0.3 is 5.97 Å². The normalized spacial score (nSPS) is 20.1. The lowest BCUT2D eigenvalue weighted by Gasteiger charge is -2.12. The summed E-state index contributed by atoms with van der Waals surface area (Å²) in [7, 11) is 0. The van der Waals surface area contributed by atoms with Gasteiger partial charge in [-0.3, -0.25) is 19.3 Å². The lowest BCUT2D eigenvalue weighted by Crippen LogP contribution is -2.29. The fourth-order valence-corrected chi connectivity index (χ4v) is 3.08. The van der Waals surface area contributed by atoms with Crippen LogP contribution in [0, 0.1) is 5.92 Å². The van der Waals surface area contributed by atoms with Gasteiger partial charge in [-0.1, -0.05) is 15.9 Å². The molecule has 2 N–H and O–H groups in total. The maximum Gasteiger partial charge on any atom is 0.304 e. The Balaban J connectivity index is 2.02. The van der Waals surface area contributed by atoms with E-state index in [9.17, 15) is 14.4 Å². The van der Waals surface area contributed by atoms with Crippen molar-refractivity contribution in [3.63, 3.8) is 0 Å². The van der Waals surface area contributed by atoms with Crippen LogP contribution in [-0.4, -0.2) is 40.8 Å². The van der Waals surface area contributed by atoms with Crippen LogP contribution in [0.3, 0.4) is 0 Å². The first kappa shape index (κ1) is 14.8. The van der Waals surface area contributed by atoms with E-state index >= 15 is 0 Å². The minimum atomic E-state index is -1.10. The van der Waals surface area contributed by atoms with Crippen molar-refractivity contribution in [3.05, 3.63) is 45.7 Å². The van der Waals surface area contributed by atoms with Gasteiger partial charge in [0.2, 0.25) is 5.91 Å². The number of halogens is 1. The third-order valence-electron chi connectivity index (χ3n) is 3.80. The highest BCUT2D eigenvalue weighted by atomic mass is 79.9. The number of nitrogens with one attached hydrogen (secondary N) is 1. The third kappa shape index (κ3) is 2.41. The van der Waals surface area contributed by atoms with Crippen molar-refractivity contribution in [2.75, 3.05) is 13.1 Å². The Morgan fingerprint density at radius 3 is 2.64 bits per heavy atom. The molecule has 0 aliphatic carbocycles. The molecular weight excluding hydrogens is 352 g/mol. The molecule has 1 fully saturated rings. The first-order chi connectivity index (χ1) is 10.5. The van der Waals surface area contributed by atoms with Crippen molar-refractivity contribution < 1.29 is 19.5 Å². The van der Waals surface area contributed by atoms with Crippen LogP contribution < -0.4 is 5.32 Å². The molecule has 0 saturated carbocycles. The molecule has 1 aromatic rings. The summed E-state index contributed by atoms with van der Waals surface area (Å²) in [5.74, 6) is -2.18. The topological polar surface area (TPSA) is 86.7 Å². The largest absolute Gasteiger partial charge is 0.481 e. The number of carboxylic acid groups (broad SMARTS) is 1. The standard InChI is InChI=1S/C15H13BrN2O4/c16-9-3-1-8(2-4-9)13(21)12-10(7-11(19)20)15(22)18-6-5-17-14(12)18/h1-4,10,17H,5-7H2,(H,19,20). The molecular formula is C15H13BrN2O4. The minimum Gasteiger partial charge on any atom is -0.481 e. The molecule has 1 aromatic carbocycles. The Morgan fingerprint density at radius 2 is 2.00 bits per heavy atom. The lowest BCUT2D eigenvalue weighted by molar-refractivity contribution is -0.141. The van der Waals surface area contributed by atoms with Crippen molar-refractivity contribution in [2.45, 2.75) is 6.42 Å². The Hall–Kier alpha value is -2.15. The number of aliphatic carboxylic acids is 1. The SMILES string of the molecule is O=C(O)CC1C(=O)N2CCNC2=C1C(=O)c1ccc(Br)cc1.